The van der Waals surface area contributed by atoms with E-state index in [2.05, 4.69) is 10.4 Å². The number of nitrogens with zero attached hydrogens (tertiary/aromatic N) is 2. The van der Waals surface area contributed by atoms with Crippen LogP contribution in [0.15, 0.2) is 30.6 Å². The van der Waals surface area contributed by atoms with Gasteiger partial charge < -0.3 is 11.1 Å². The summed E-state index contributed by atoms with van der Waals surface area (Å²) in [4.78, 5) is 12.4. The van der Waals surface area contributed by atoms with Gasteiger partial charge in [-0.2, -0.15) is 5.10 Å². The van der Waals surface area contributed by atoms with Crippen LogP contribution in [0, 0.1) is 5.41 Å². The molecule has 0 aromatic carbocycles. The van der Waals surface area contributed by atoms with Crippen LogP contribution in [0.5, 0.6) is 0 Å². The van der Waals surface area contributed by atoms with Crippen LogP contribution in [0.3, 0.4) is 0 Å². The van der Waals surface area contributed by atoms with Gasteiger partial charge in [-0.05, 0) is 36.9 Å². The fraction of sp³-hybridized carbons (Fsp3) is 0.500. The van der Waals surface area contributed by atoms with Crippen molar-refractivity contribution < 1.29 is 4.79 Å². The quantitative estimate of drug-likeness (QED) is 0.902. The van der Waals surface area contributed by atoms with E-state index in [0.29, 0.717) is 18.7 Å². The first-order chi connectivity index (χ1) is 10.2. The summed E-state index contributed by atoms with van der Waals surface area (Å²) in [7, 11) is 0. The highest BCUT2D eigenvalue weighted by Gasteiger charge is 2.31. The predicted octanol–water partition coefficient (Wildman–Crippen LogP) is 1.97. The normalized spacial score (nSPS) is 17.8. The number of rotatable bonds is 4. The largest absolute Gasteiger partial charge is 0.351 e. The van der Waals surface area contributed by atoms with Crippen molar-refractivity contribution in [3.05, 3.63) is 36.2 Å². The zero-order valence-electron chi connectivity index (χ0n) is 12.2. The van der Waals surface area contributed by atoms with Crippen LogP contribution in [0.1, 0.15) is 42.5 Å². The van der Waals surface area contributed by atoms with E-state index in [0.717, 1.165) is 18.4 Å². The average Bonchev–Trinajstić information content (AvgIpc) is 2.98. The van der Waals surface area contributed by atoms with E-state index in [9.17, 15) is 4.79 Å². The summed E-state index contributed by atoms with van der Waals surface area (Å²) < 4.78 is 1.72. The number of carbonyl (C=O) groups excluding carboxylic acids is 1. The van der Waals surface area contributed by atoms with Crippen molar-refractivity contribution in [3.8, 4) is 0 Å². The second-order valence-corrected chi connectivity index (χ2v) is 6.04. The van der Waals surface area contributed by atoms with Crippen molar-refractivity contribution in [1.29, 1.82) is 0 Å². The van der Waals surface area contributed by atoms with Gasteiger partial charge in [0.2, 0.25) is 0 Å². The SMILES string of the molecule is NCC1(CNC(=O)c2cnn3ccccc23)CCCCC1. The molecule has 1 fully saturated rings. The van der Waals surface area contributed by atoms with Crippen molar-refractivity contribution >= 4 is 11.4 Å². The first-order valence-electron chi connectivity index (χ1n) is 7.65. The van der Waals surface area contributed by atoms with E-state index in [1.165, 1.54) is 19.3 Å². The van der Waals surface area contributed by atoms with E-state index in [4.69, 9.17) is 5.73 Å². The van der Waals surface area contributed by atoms with Crippen molar-refractivity contribution in [1.82, 2.24) is 14.9 Å². The minimum atomic E-state index is -0.0606. The van der Waals surface area contributed by atoms with Crippen LogP contribution in [-0.2, 0) is 0 Å². The summed E-state index contributed by atoms with van der Waals surface area (Å²) in [6.45, 7) is 1.30. The third kappa shape index (κ3) is 2.78. The van der Waals surface area contributed by atoms with Crippen molar-refractivity contribution in [2.24, 2.45) is 11.1 Å². The molecule has 21 heavy (non-hydrogen) atoms. The topological polar surface area (TPSA) is 72.4 Å². The van der Waals surface area contributed by atoms with E-state index in [-0.39, 0.29) is 11.3 Å². The molecule has 3 rings (SSSR count). The second kappa shape index (κ2) is 5.85. The predicted molar refractivity (Wildman–Crippen MR) is 82.1 cm³/mol. The molecule has 0 spiro atoms. The molecule has 0 saturated heterocycles. The molecular weight excluding hydrogens is 264 g/mol. The maximum atomic E-state index is 12.4. The Morgan fingerprint density at radius 3 is 2.90 bits per heavy atom. The fourth-order valence-corrected chi connectivity index (χ4v) is 3.23. The lowest BCUT2D eigenvalue weighted by atomic mass is 9.74. The smallest absolute Gasteiger partial charge is 0.255 e. The standard InChI is InChI=1S/C16H22N4O/c17-11-16(7-3-1-4-8-16)12-18-15(21)13-10-19-20-9-5-2-6-14(13)20/h2,5-6,9-10H,1,3-4,7-8,11-12,17H2,(H,18,21). The monoisotopic (exact) mass is 286 g/mol. The second-order valence-electron chi connectivity index (χ2n) is 6.04. The number of pyridine rings is 1. The van der Waals surface area contributed by atoms with Gasteiger partial charge in [-0.25, -0.2) is 4.52 Å². The van der Waals surface area contributed by atoms with Crippen LogP contribution in [0.2, 0.25) is 0 Å². The molecule has 1 amide bonds. The fourth-order valence-electron chi connectivity index (χ4n) is 3.23. The third-order valence-corrected chi connectivity index (χ3v) is 4.64. The number of aromatic nitrogens is 2. The van der Waals surface area contributed by atoms with E-state index in [1.807, 2.05) is 24.4 Å². The van der Waals surface area contributed by atoms with Crippen molar-refractivity contribution in [3.63, 3.8) is 0 Å². The minimum absolute atomic E-state index is 0.0606. The lowest BCUT2D eigenvalue weighted by Crippen LogP contribution is -2.43. The molecule has 2 heterocycles. The Kier molecular flexibility index (Phi) is 3.92. The number of fused-ring (bicyclic) bond motifs is 1. The molecular formula is C16H22N4O. The highest BCUT2D eigenvalue weighted by atomic mass is 16.1. The molecule has 1 aliphatic carbocycles. The Labute approximate surface area is 124 Å². The molecule has 3 N–H and O–H groups in total. The lowest BCUT2D eigenvalue weighted by molar-refractivity contribution is 0.0915. The number of carbonyl (C=O) groups is 1. The lowest BCUT2D eigenvalue weighted by Gasteiger charge is -2.36. The van der Waals surface area contributed by atoms with Crippen LogP contribution >= 0.6 is 0 Å². The Morgan fingerprint density at radius 1 is 1.33 bits per heavy atom. The van der Waals surface area contributed by atoms with Gasteiger partial charge in [0.1, 0.15) is 0 Å². The number of nitrogens with one attached hydrogen (secondary N) is 1. The van der Waals surface area contributed by atoms with Crippen LogP contribution in [0.25, 0.3) is 5.52 Å². The minimum Gasteiger partial charge on any atom is -0.351 e. The summed E-state index contributed by atoms with van der Waals surface area (Å²) >= 11 is 0. The van der Waals surface area contributed by atoms with E-state index >= 15 is 0 Å². The Morgan fingerprint density at radius 2 is 2.14 bits per heavy atom. The third-order valence-electron chi connectivity index (χ3n) is 4.64. The van der Waals surface area contributed by atoms with Gasteiger partial charge in [0.05, 0.1) is 17.3 Å². The number of hydrogen-bond acceptors (Lipinski definition) is 3. The van der Waals surface area contributed by atoms with Crippen molar-refractivity contribution in [2.45, 2.75) is 32.1 Å². The van der Waals surface area contributed by atoms with Gasteiger partial charge in [-0.15, -0.1) is 0 Å². The van der Waals surface area contributed by atoms with Gasteiger partial charge in [0, 0.05) is 12.7 Å². The molecule has 0 aliphatic heterocycles. The average molecular weight is 286 g/mol. The highest BCUT2D eigenvalue weighted by molar-refractivity contribution is 6.00. The summed E-state index contributed by atoms with van der Waals surface area (Å²) in [5.74, 6) is -0.0606. The molecule has 1 saturated carbocycles. The first kappa shape index (κ1) is 14.1. The zero-order chi connectivity index (χ0) is 14.7. The van der Waals surface area contributed by atoms with Gasteiger partial charge in [0.25, 0.3) is 5.91 Å². The van der Waals surface area contributed by atoms with Crippen LogP contribution < -0.4 is 11.1 Å². The molecule has 0 radical (unpaired) electrons. The van der Waals surface area contributed by atoms with Gasteiger partial charge >= 0.3 is 0 Å². The van der Waals surface area contributed by atoms with Gasteiger partial charge in [-0.3, -0.25) is 4.79 Å². The van der Waals surface area contributed by atoms with Gasteiger partial charge in [0.15, 0.2) is 0 Å². The van der Waals surface area contributed by atoms with E-state index < -0.39 is 0 Å². The Balaban J connectivity index is 1.71. The zero-order valence-corrected chi connectivity index (χ0v) is 12.2. The van der Waals surface area contributed by atoms with Crippen LogP contribution in [0.4, 0.5) is 0 Å². The number of hydrogen-bond donors (Lipinski definition) is 2. The highest BCUT2D eigenvalue weighted by Crippen LogP contribution is 2.34. The molecule has 0 bridgehead atoms. The Hall–Kier alpha value is -1.88. The van der Waals surface area contributed by atoms with Crippen molar-refractivity contribution in [2.75, 3.05) is 13.1 Å². The first-order valence-corrected chi connectivity index (χ1v) is 7.65. The number of amides is 1. The van der Waals surface area contributed by atoms with Crippen LogP contribution in [-0.4, -0.2) is 28.6 Å². The molecule has 5 nitrogen and oxygen atoms in total. The molecule has 0 atom stereocenters. The van der Waals surface area contributed by atoms with E-state index in [1.54, 1.807) is 10.7 Å². The summed E-state index contributed by atoms with van der Waals surface area (Å²) in [5, 5.41) is 7.27. The summed E-state index contributed by atoms with van der Waals surface area (Å²) in [6, 6.07) is 5.71. The maximum absolute atomic E-state index is 12.4. The maximum Gasteiger partial charge on any atom is 0.255 e. The number of nitrogens with two attached hydrogens (primary N) is 1. The summed E-state index contributed by atoms with van der Waals surface area (Å²) in [6.07, 6.45) is 9.39. The Bertz CT molecular complexity index is 628. The molecule has 112 valence electrons. The molecule has 5 heteroatoms. The molecule has 1 aliphatic rings. The molecule has 2 aromatic heterocycles. The van der Waals surface area contributed by atoms with Gasteiger partial charge in [-0.1, -0.05) is 25.3 Å². The molecule has 2 aromatic rings. The summed E-state index contributed by atoms with van der Waals surface area (Å²) in [5.41, 5.74) is 7.50. The molecule has 0 unspecified atom stereocenters.